The molecule has 9 aromatic rings. The normalized spacial score (nSPS) is 12.8. The fourth-order valence-electron chi connectivity index (χ4n) is 9.92. The summed E-state index contributed by atoms with van der Waals surface area (Å²) >= 11 is 0. The fourth-order valence-corrected chi connectivity index (χ4v) is 9.92. The van der Waals surface area contributed by atoms with E-state index in [0.717, 1.165) is 17.1 Å². The summed E-state index contributed by atoms with van der Waals surface area (Å²) in [5, 5.41) is 0. The average molecular weight is 740 g/mol. The Hall–Kier alpha value is -7.22. The Kier molecular flexibility index (Phi) is 7.91. The van der Waals surface area contributed by atoms with Crippen LogP contribution >= 0.6 is 0 Å². The first-order valence-electron chi connectivity index (χ1n) is 20.3. The van der Waals surface area contributed by atoms with Gasteiger partial charge in [0, 0.05) is 17.1 Å². The van der Waals surface area contributed by atoms with E-state index in [9.17, 15) is 0 Å². The van der Waals surface area contributed by atoms with Gasteiger partial charge in [-0.3, -0.25) is 0 Å². The second-order valence-corrected chi connectivity index (χ2v) is 15.8. The molecule has 0 saturated heterocycles. The molecule has 1 spiro atoms. The molecular weight excluding hydrogens is 699 g/mol. The average Bonchev–Trinajstić information content (AvgIpc) is 3.75. The fraction of sp³-hybridized carbons (Fsp3) is 0.0526. The van der Waals surface area contributed by atoms with Gasteiger partial charge in [0.25, 0.3) is 0 Å². The number of hydrogen-bond donors (Lipinski definition) is 0. The molecule has 0 atom stereocenters. The Bertz CT molecular complexity index is 2950. The van der Waals surface area contributed by atoms with Crippen molar-refractivity contribution < 1.29 is 0 Å². The summed E-state index contributed by atoms with van der Waals surface area (Å²) in [5.41, 5.74) is 23.7. The van der Waals surface area contributed by atoms with E-state index in [1.807, 2.05) is 0 Å². The van der Waals surface area contributed by atoms with Crippen LogP contribution in [0.1, 0.15) is 33.4 Å². The Morgan fingerprint density at radius 1 is 0.276 bits per heavy atom. The minimum atomic E-state index is -0.361. The number of benzene rings is 9. The van der Waals surface area contributed by atoms with Crippen molar-refractivity contribution in [2.75, 3.05) is 4.90 Å². The van der Waals surface area contributed by atoms with E-state index < -0.39 is 0 Å². The van der Waals surface area contributed by atoms with E-state index >= 15 is 0 Å². The van der Waals surface area contributed by atoms with E-state index in [0.29, 0.717) is 0 Å². The molecule has 58 heavy (non-hydrogen) atoms. The quantitative estimate of drug-likeness (QED) is 0.164. The molecule has 0 amide bonds. The van der Waals surface area contributed by atoms with Crippen LogP contribution in [0.25, 0.3) is 55.6 Å². The molecule has 274 valence electrons. The van der Waals surface area contributed by atoms with Crippen molar-refractivity contribution in [1.82, 2.24) is 0 Å². The summed E-state index contributed by atoms with van der Waals surface area (Å²) in [6.45, 7) is 4.42. The van der Waals surface area contributed by atoms with Crippen LogP contribution in [0.5, 0.6) is 0 Å². The lowest BCUT2D eigenvalue weighted by molar-refractivity contribution is 0.794. The first-order chi connectivity index (χ1) is 28.6. The second kappa shape index (κ2) is 13.5. The Morgan fingerprint density at radius 2 is 0.672 bits per heavy atom. The van der Waals surface area contributed by atoms with Gasteiger partial charge in [0.15, 0.2) is 0 Å². The predicted octanol–water partition coefficient (Wildman–Crippen LogP) is 15.1. The topological polar surface area (TPSA) is 3.24 Å². The molecule has 0 aliphatic heterocycles. The molecule has 11 rings (SSSR count). The largest absolute Gasteiger partial charge is 0.310 e. The highest BCUT2D eigenvalue weighted by atomic mass is 15.1. The summed E-state index contributed by atoms with van der Waals surface area (Å²) in [7, 11) is 0. The molecule has 0 radical (unpaired) electrons. The van der Waals surface area contributed by atoms with Gasteiger partial charge in [-0.25, -0.2) is 0 Å². The molecule has 1 nitrogen and oxygen atoms in total. The molecule has 0 unspecified atom stereocenters. The lowest BCUT2D eigenvalue weighted by Gasteiger charge is -2.30. The second-order valence-electron chi connectivity index (χ2n) is 15.8. The molecule has 0 N–H and O–H groups in total. The molecule has 0 bridgehead atoms. The SMILES string of the molecule is Cc1ccccc1-c1ccc(N(c2ccc(-c3ccccc3)cc2)c2ccc(-c3ccc4c(c3)C3(c5ccccc5-c5ccccc53)c3ccccc3-4)cc2)cc1C. The zero-order chi connectivity index (χ0) is 38.8. The number of anilines is 3. The highest BCUT2D eigenvalue weighted by molar-refractivity contribution is 5.96. The number of hydrogen-bond acceptors (Lipinski definition) is 1. The lowest BCUT2D eigenvalue weighted by Crippen LogP contribution is -2.25. The van der Waals surface area contributed by atoms with Crippen molar-refractivity contribution in [3.8, 4) is 55.6 Å². The summed E-state index contributed by atoms with van der Waals surface area (Å²) in [4.78, 5) is 2.38. The van der Waals surface area contributed by atoms with Crippen molar-refractivity contribution in [3.63, 3.8) is 0 Å². The number of aryl methyl sites for hydroxylation is 2. The molecule has 0 heterocycles. The van der Waals surface area contributed by atoms with Gasteiger partial charge in [0.05, 0.1) is 5.41 Å². The van der Waals surface area contributed by atoms with Crippen LogP contribution in [0.2, 0.25) is 0 Å². The van der Waals surface area contributed by atoms with E-state index in [2.05, 4.69) is 231 Å². The number of fused-ring (bicyclic) bond motifs is 10. The Morgan fingerprint density at radius 3 is 1.22 bits per heavy atom. The van der Waals surface area contributed by atoms with Crippen molar-refractivity contribution in [1.29, 1.82) is 0 Å². The van der Waals surface area contributed by atoms with Crippen LogP contribution in [-0.2, 0) is 5.41 Å². The summed E-state index contributed by atoms with van der Waals surface area (Å²) in [6.07, 6.45) is 0. The molecule has 0 aromatic heterocycles. The van der Waals surface area contributed by atoms with Crippen molar-refractivity contribution in [3.05, 3.63) is 246 Å². The first-order valence-corrected chi connectivity index (χ1v) is 20.3. The first kappa shape index (κ1) is 34.1. The molecule has 9 aromatic carbocycles. The predicted molar refractivity (Wildman–Crippen MR) is 243 cm³/mol. The molecule has 1 heteroatoms. The van der Waals surface area contributed by atoms with Gasteiger partial charge < -0.3 is 4.90 Å². The van der Waals surface area contributed by atoms with Crippen molar-refractivity contribution in [2.45, 2.75) is 19.3 Å². The van der Waals surface area contributed by atoms with Gasteiger partial charge in [0.1, 0.15) is 0 Å². The third-order valence-corrected chi connectivity index (χ3v) is 12.6. The Labute approximate surface area is 341 Å². The lowest BCUT2D eigenvalue weighted by atomic mass is 9.70. The third kappa shape index (κ3) is 5.17. The summed E-state index contributed by atoms with van der Waals surface area (Å²) in [6, 6.07) is 78.5. The van der Waals surface area contributed by atoms with Crippen LogP contribution in [-0.4, -0.2) is 0 Å². The molecule has 0 fully saturated rings. The van der Waals surface area contributed by atoms with E-state index in [1.54, 1.807) is 0 Å². The molecule has 0 saturated carbocycles. The monoisotopic (exact) mass is 739 g/mol. The summed E-state index contributed by atoms with van der Waals surface area (Å²) < 4.78 is 0. The minimum Gasteiger partial charge on any atom is -0.310 e. The molecule has 2 aliphatic rings. The minimum absolute atomic E-state index is 0.361. The maximum Gasteiger partial charge on any atom is 0.0725 e. The highest BCUT2D eigenvalue weighted by Gasteiger charge is 2.51. The van der Waals surface area contributed by atoms with Crippen LogP contribution in [0.15, 0.2) is 212 Å². The van der Waals surface area contributed by atoms with E-state index in [1.165, 1.54) is 89.0 Å². The van der Waals surface area contributed by atoms with Crippen LogP contribution in [0.4, 0.5) is 17.1 Å². The molecule has 2 aliphatic carbocycles. The van der Waals surface area contributed by atoms with Crippen LogP contribution in [0, 0.1) is 13.8 Å². The smallest absolute Gasteiger partial charge is 0.0725 e. The van der Waals surface area contributed by atoms with Gasteiger partial charge in [-0.2, -0.15) is 0 Å². The standard InChI is InChI=1S/C57H41N/c1-38-14-6-7-17-47(38)48-35-33-46(36-39(48)2)58(44-29-24-41(25-30-44)40-15-4-3-5-16-40)45-31-26-42(27-32-45)43-28-34-52-51-20-10-13-23-55(51)57(56(52)37-43)53-21-11-8-18-49(53)50-19-9-12-22-54(50)57/h3-37H,1-2H3. The zero-order valence-corrected chi connectivity index (χ0v) is 32.7. The third-order valence-electron chi connectivity index (χ3n) is 12.6. The van der Waals surface area contributed by atoms with Crippen LogP contribution in [0.3, 0.4) is 0 Å². The molecular formula is C57H41N. The van der Waals surface area contributed by atoms with Gasteiger partial charge in [-0.1, -0.05) is 170 Å². The van der Waals surface area contributed by atoms with E-state index in [-0.39, 0.29) is 5.41 Å². The van der Waals surface area contributed by atoms with Gasteiger partial charge in [0.2, 0.25) is 0 Å². The number of nitrogens with zero attached hydrogens (tertiary/aromatic N) is 1. The maximum absolute atomic E-state index is 2.47. The van der Waals surface area contributed by atoms with Gasteiger partial charge in [-0.15, -0.1) is 0 Å². The van der Waals surface area contributed by atoms with Crippen molar-refractivity contribution in [2.24, 2.45) is 0 Å². The van der Waals surface area contributed by atoms with Crippen molar-refractivity contribution >= 4 is 17.1 Å². The summed E-state index contributed by atoms with van der Waals surface area (Å²) in [5.74, 6) is 0. The van der Waals surface area contributed by atoms with Gasteiger partial charge >= 0.3 is 0 Å². The van der Waals surface area contributed by atoms with Crippen LogP contribution < -0.4 is 4.90 Å². The maximum atomic E-state index is 2.47. The number of rotatable bonds is 6. The Balaban J connectivity index is 1.02. The van der Waals surface area contributed by atoms with E-state index in [4.69, 9.17) is 0 Å². The zero-order valence-electron chi connectivity index (χ0n) is 32.7. The highest BCUT2D eigenvalue weighted by Crippen LogP contribution is 2.63. The van der Waals surface area contributed by atoms with Gasteiger partial charge in [-0.05, 0) is 145 Å².